The summed E-state index contributed by atoms with van der Waals surface area (Å²) < 4.78 is 0. The highest BCUT2D eigenvalue weighted by atomic mass is 16.2. The Balaban J connectivity index is 4.13. The molecule has 1 atom stereocenters. The molecule has 0 heterocycles. The molecule has 0 aromatic heterocycles. The molecule has 4 heteroatoms. The van der Waals surface area contributed by atoms with Crippen LogP contribution in [0.5, 0.6) is 0 Å². The molecule has 0 aliphatic rings. The predicted octanol–water partition coefficient (Wildman–Crippen LogP) is 3.60. The molecule has 0 aromatic carbocycles. The summed E-state index contributed by atoms with van der Waals surface area (Å²) in [6.07, 6.45) is 4.55. The van der Waals surface area contributed by atoms with E-state index in [9.17, 15) is 9.59 Å². The summed E-state index contributed by atoms with van der Waals surface area (Å²) in [5.41, 5.74) is 0. The number of unbranched alkanes of at least 4 members (excludes halogenated alkanes) is 2. The number of nitrogens with zero attached hydrogens (tertiary/aromatic N) is 2. The van der Waals surface area contributed by atoms with Crippen LogP contribution in [0.3, 0.4) is 0 Å². The highest BCUT2D eigenvalue weighted by molar-refractivity contribution is 5.80. The first-order chi connectivity index (χ1) is 10.7. The Morgan fingerprint density at radius 1 is 0.913 bits per heavy atom. The number of carbonyl (C=O) groups is 2. The van der Waals surface area contributed by atoms with Crippen LogP contribution in [0.25, 0.3) is 0 Å². The van der Waals surface area contributed by atoms with Gasteiger partial charge >= 0.3 is 0 Å². The average molecular weight is 327 g/mol. The van der Waals surface area contributed by atoms with Crippen molar-refractivity contribution in [1.29, 1.82) is 0 Å². The Labute approximate surface area is 143 Å². The van der Waals surface area contributed by atoms with Crippen molar-refractivity contribution in [3.63, 3.8) is 0 Å². The molecule has 1 amide bonds. The zero-order valence-electron chi connectivity index (χ0n) is 16.4. The average Bonchev–Trinajstić information content (AvgIpc) is 2.45. The lowest BCUT2D eigenvalue weighted by atomic mass is 9.89. The topological polar surface area (TPSA) is 40.6 Å². The van der Waals surface area contributed by atoms with Gasteiger partial charge in [-0.1, -0.05) is 20.3 Å². The van der Waals surface area contributed by atoms with Crippen LogP contribution < -0.4 is 0 Å². The van der Waals surface area contributed by atoms with E-state index in [2.05, 4.69) is 39.6 Å². The minimum Gasteiger partial charge on any atom is -0.346 e. The summed E-state index contributed by atoms with van der Waals surface area (Å²) in [4.78, 5) is 28.0. The minimum atomic E-state index is -0.0315. The third-order valence-electron chi connectivity index (χ3n) is 4.69. The number of hydrogen-bond donors (Lipinski definition) is 0. The fraction of sp³-hybridized carbons (Fsp3) is 0.895. The molecule has 4 nitrogen and oxygen atoms in total. The Bertz CT molecular complexity index is 353. The van der Waals surface area contributed by atoms with Crippen LogP contribution in [-0.2, 0) is 9.59 Å². The van der Waals surface area contributed by atoms with Gasteiger partial charge in [-0.2, -0.15) is 0 Å². The molecule has 0 saturated carbocycles. The lowest BCUT2D eigenvalue weighted by Crippen LogP contribution is -2.36. The van der Waals surface area contributed by atoms with E-state index in [-0.39, 0.29) is 23.5 Å². The standard InChI is InChI=1S/C19H38N2O2/c1-15(2)18(12-11-17(5)22)19(23)21(7)14-10-8-9-13-20(6)16(3)4/h15-16,18H,8-14H2,1-7H3/t18-/m0/s1. The molecule has 23 heavy (non-hydrogen) atoms. The summed E-state index contributed by atoms with van der Waals surface area (Å²) in [5.74, 6) is 0.612. The molecule has 136 valence electrons. The molecule has 0 fully saturated rings. The molecule has 0 N–H and O–H groups in total. The van der Waals surface area contributed by atoms with E-state index < -0.39 is 0 Å². The van der Waals surface area contributed by atoms with Gasteiger partial charge in [-0.3, -0.25) is 4.79 Å². The van der Waals surface area contributed by atoms with E-state index in [4.69, 9.17) is 0 Å². The van der Waals surface area contributed by atoms with E-state index in [0.29, 0.717) is 18.9 Å². The normalized spacial score (nSPS) is 13.0. The second-order valence-electron chi connectivity index (χ2n) is 7.49. The fourth-order valence-electron chi connectivity index (χ4n) is 2.64. The largest absolute Gasteiger partial charge is 0.346 e. The first-order valence-electron chi connectivity index (χ1n) is 9.11. The van der Waals surface area contributed by atoms with Crippen molar-refractivity contribution in [2.45, 2.75) is 72.8 Å². The highest BCUT2D eigenvalue weighted by Gasteiger charge is 2.25. The smallest absolute Gasteiger partial charge is 0.225 e. The van der Waals surface area contributed by atoms with Gasteiger partial charge in [0.25, 0.3) is 0 Å². The molecule has 0 aliphatic heterocycles. The van der Waals surface area contributed by atoms with E-state index in [0.717, 1.165) is 25.9 Å². The Hall–Kier alpha value is -0.900. The van der Waals surface area contributed by atoms with Crippen molar-refractivity contribution < 1.29 is 9.59 Å². The van der Waals surface area contributed by atoms with Gasteiger partial charge in [-0.25, -0.2) is 0 Å². The molecule has 0 unspecified atom stereocenters. The summed E-state index contributed by atoms with van der Waals surface area (Å²) in [6.45, 7) is 12.1. The Morgan fingerprint density at radius 2 is 1.48 bits per heavy atom. The van der Waals surface area contributed by atoms with Gasteiger partial charge in [0.2, 0.25) is 5.91 Å². The fourth-order valence-corrected chi connectivity index (χ4v) is 2.64. The molecular formula is C19H38N2O2. The molecular weight excluding hydrogens is 288 g/mol. The van der Waals surface area contributed by atoms with Crippen LogP contribution in [0, 0.1) is 11.8 Å². The maximum atomic E-state index is 12.6. The van der Waals surface area contributed by atoms with Crippen molar-refractivity contribution >= 4 is 11.7 Å². The van der Waals surface area contributed by atoms with Gasteiger partial charge in [0.1, 0.15) is 5.78 Å². The number of rotatable bonds is 12. The van der Waals surface area contributed by atoms with Gasteiger partial charge in [0.15, 0.2) is 0 Å². The molecule has 0 spiro atoms. The zero-order valence-corrected chi connectivity index (χ0v) is 16.4. The first kappa shape index (κ1) is 22.1. The van der Waals surface area contributed by atoms with Crippen LogP contribution in [-0.4, -0.2) is 54.7 Å². The second kappa shape index (κ2) is 11.6. The third-order valence-corrected chi connectivity index (χ3v) is 4.69. The molecule has 0 aromatic rings. The zero-order chi connectivity index (χ0) is 18.0. The van der Waals surface area contributed by atoms with Crippen molar-refractivity contribution in [1.82, 2.24) is 9.80 Å². The quantitative estimate of drug-likeness (QED) is 0.515. The van der Waals surface area contributed by atoms with Crippen LogP contribution in [0.1, 0.15) is 66.7 Å². The SMILES string of the molecule is CC(=O)CC[C@H](C(=O)N(C)CCCCCN(C)C(C)C)C(C)C. The van der Waals surface area contributed by atoms with Crippen LogP contribution in [0.4, 0.5) is 0 Å². The summed E-state index contributed by atoms with van der Waals surface area (Å²) in [6, 6.07) is 0.590. The molecule has 0 bridgehead atoms. The van der Waals surface area contributed by atoms with E-state index in [1.165, 1.54) is 6.42 Å². The molecule has 0 radical (unpaired) electrons. The number of hydrogen-bond acceptors (Lipinski definition) is 3. The van der Waals surface area contributed by atoms with Gasteiger partial charge < -0.3 is 14.6 Å². The summed E-state index contributed by atoms with van der Waals surface area (Å²) >= 11 is 0. The Morgan fingerprint density at radius 3 is 1.96 bits per heavy atom. The molecule has 0 saturated heterocycles. The van der Waals surface area contributed by atoms with Crippen molar-refractivity contribution in [3.05, 3.63) is 0 Å². The van der Waals surface area contributed by atoms with Gasteiger partial charge in [0, 0.05) is 32.0 Å². The van der Waals surface area contributed by atoms with Crippen molar-refractivity contribution in [2.75, 3.05) is 27.2 Å². The van der Waals surface area contributed by atoms with Crippen molar-refractivity contribution in [3.8, 4) is 0 Å². The van der Waals surface area contributed by atoms with E-state index >= 15 is 0 Å². The first-order valence-corrected chi connectivity index (χ1v) is 9.11. The minimum absolute atomic E-state index is 0.0315. The number of Topliss-reactive ketones (excluding diaryl/α,β-unsaturated/α-hetero) is 1. The van der Waals surface area contributed by atoms with Crippen molar-refractivity contribution in [2.24, 2.45) is 11.8 Å². The predicted molar refractivity (Wildman–Crippen MR) is 97.5 cm³/mol. The van der Waals surface area contributed by atoms with Gasteiger partial charge in [0.05, 0.1) is 0 Å². The van der Waals surface area contributed by atoms with E-state index in [1.807, 2.05) is 11.9 Å². The maximum absolute atomic E-state index is 12.6. The third kappa shape index (κ3) is 9.75. The van der Waals surface area contributed by atoms with Gasteiger partial charge in [-0.15, -0.1) is 0 Å². The van der Waals surface area contributed by atoms with Crippen LogP contribution in [0.2, 0.25) is 0 Å². The lowest BCUT2D eigenvalue weighted by molar-refractivity contribution is -0.136. The van der Waals surface area contributed by atoms with Crippen LogP contribution >= 0.6 is 0 Å². The van der Waals surface area contributed by atoms with E-state index in [1.54, 1.807) is 6.92 Å². The molecule has 0 rings (SSSR count). The highest BCUT2D eigenvalue weighted by Crippen LogP contribution is 2.20. The second-order valence-corrected chi connectivity index (χ2v) is 7.49. The number of carbonyl (C=O) groups excluding carboxylic acids is 2. The van der Waals surface area contributed by atoms with Gasteiger partial charge in [-0.05, 0) is 59.5 Å². The van der Waals surface area contributed by atoms with Crippen LogP contribution in [0.15, 0.2) is 0 Å². The molecule has 0 aliphatic carbocycles. The number of ketones is 1. The Kier molecular flexibility index (Phi) is 11.2. The summed E-state index contributed by atoms with van der Waals surface area (Å²) in [7, 11) is 4.05. The monoisotopic (exact) mass is 326 g/mol. The summed E-state index contributed by atoms with van der Waals surface area (Å²) in [5, 5.41) is 0. The lowest BCUT2D eigenvalue weighted by Gasteiger charge is -2.26. The number of amides is 1. The maximum Gasteiger partial charge on any atom is 0.225 e.